The lowest BCUT2D eigenvalue weighted by molar-refractivity contribution is -0.384. The number of nitro benzene ring substituents is 1. The fourth-order valence-corrected chi connectivity index (χ4v) is 5.62. The van der Waals surface area contributed by atoms with Crippen LogP contribution in [0.2, 0.25) is 0 Å². The molecule has 0 saturated heterocycles. The normalized spacial score (nSPS) is 21.2. The highest BCUT2D eigenvalue weighted by atomic mass is 16.6. The molecule has 36 heavy (non-hydrogen) atoms. The smallest absolute Gasteiger partial charge is 0.337 e. The number of nitrogens with two attached hydrogens (primary N) is 2. The number of rotatable bonds is 5. The van der Waals surface area contributed by atoms with Gasteiger partial charge in [-0.05, 0) is 35.8 Å². The molecule has 0 aromatic heterocycles. The number of carbonyl (C=O) groups is 1. The Morgan fingerprint density at radius 3 is 2.42 bits per heavy atom. The molecule has 2 aromatic rings. The Morgan fingerprint density at radius 1 is 1.11 bits per heavy atom. The first-order valence-corrected chi connectivity index (χ1v) is 11.7. The molecule has 1 aliphatic heterocycles. The van der Waals surface area contributed by atoms with E-state index in [1.54, 1.807) is 24.3 Å². The molecule has 0 radical (unpaired) electrons. The van der Waals surface area contributed by atoms with Crippen molar-refractivity contribution >= 4 is 28.8 Å². The van der Waals surface area contributed by atoms with Gasteiger partial charge in [0.2, 0.25) is 0 Å². The van der Waals surface area contributed by atoms with Crippen molar-refractivity contribution in [2.24, 2.45) is 27.5 Å². The van der Waals surface area contributed by atoms with E-state index in [1.807, 2.05) is 12.1 Å². The number of ether oxygens (including phenoxy) is 1. The van der Waals surface area contributed by atoms with Gasteiger partial charge in [-0.25, -0.2) is 4.79 Å². The van der Waals surface area contributed by atoms with Crippen LogP contribution in [0.4, 0.5) is 11.4 Å². The largest absolute Gasteiger partial charge is 0.465 e. The summed E-state index contributed by atoms with van der Waals surface area (Å²) in [7, 11) is 1.37. The molecule has 0 saturated carbocycles. The molecular weight excluding hydrogens is 458 g/mol. The number of fused-ring (bicyclic) bond motifs is 1. The van der Waals surface area contributed by atoms with Crippen molar-refractivity contribution in [2.75, 3.05) is 25.1 Å². The van der Waals surface area contributed by atoms with E-state index >= 15 is 0 Å². The number of hydrogen-bond acceptors (Lipinski definition) is 7. The monoisotopic (exact) mass is 489 g/mol. The number of allylic oxidation sites excluding steroid dienone is 2. The van der Waals surface area contributed by atoms with Crippen molar-refractivity contribution in [3.05, 3.63) is 87.0 Å². The number of nitrogens with zero attached hydrogens (tertiary/aromatic N) is 3. The van der Waals surface area contributed by atoms with Crippen molar-refractivity contribution in [3.8, 4) is 0 Å². The van der Waals surface area contributed by atoms with Crippen molar-refractivity contribution in [1.29, 1.82) is 0 Å². The SMILES string of the molecule is COC(=O)c1ccc(C2=CCC3(C)CN(c4cc(/C(N)=N/N)cc([N+](=O)[O-])c4)CC=C3C2(C)C)cc1. The second-order valence-electron chi connectivity index (χ2n) is 10.1. The summed E-state index contributed by atoms with van der Waals surface area (Å²) in [6.07, 6.45) is 5.31. The summed E-state index contributed by atoms with van der Waals surface area (Å²) in [5.74, 6) is 5.02. The standard InChI is InChI=1S/C27H31N5O4/c1-26(2)22(17-5-7-18(8-6-17)25(33)36-4)9-11-27(3)16-31(12-10-23(26)27)20-13-19(24(28)30-29)14-21(15-20)32(34)35/h5-10,13-15H,11-12,16,29H2,1-4H3,(H2,28,30). The second kappa shape index (κ2) is 9.14. The average molecular weight is 490 g/mol. The lowest BCUT2D eigenvalue weighted by atomic mass is 9.58. The fourth-order valence-electron chi connectivity index (χ4n) is 5.62. The number of benzene rings is 2. The summed E-state index contributed by atoms with van der Waals surface area (Å²) in [5.41, 5.74) is 10.6. The van der Waals surface area contributed by atoms with Gasteiger partial charge in [-0.1, -0.05) is 50.6 Å². The van der Waals surface area contributed by atoms with Gasteiger partial charge in [-0.3, -0.25) is 10.1 Å². The topological polar surface area (TPSA) is 137 Å². The zero-order valence-corrected chi connectivity index (χ0v) is 20.9. The maximum absolute atomic E-state index is 11.8. The van der Waals surface area contributed by atoms with Gasteiger partial charge < -0.3 is 21.2 Å². The highest BCUT2D eigenvalue weighted by Gasteiger charge is 2.45. The summed E-state index contributed by atoms with van der Waals surface area (Å²) in [6.45, 7) is 7.96. The number of non-ortho nitro benzene ring substituents is 1. The summed E-state index contributed by atoms with van der Waals surface area (Å²) in [5, 5.41) is 15.1. The van der Waals surface area contributed by atoms with Gasteiger partial charge in [0.1, 0.15) is 0 Å². The van der Waals surface area contributed by atoms with E-state index < -0.39 is 4.92 Å². The van der Waals surface area contributed by atoms with Crippen LogP contribution in [0.25, 0.3) is 5.57 Å². The number of anilines is 1. The van der Waals surface area contributed by atoms with E-state index in [9.17, 15) is 14.9 Å². The molecule has 1 heterocycles. The van der Waals surface area contributed by atoms with Crippen LogP contribution >= 0.6 is 0 Å². The van der Waals surface area contributed by atoms with Crippen LogP contribution in [0.5, 0.6) is 0 Å². The fraction of sp³-hybridized carbons (Fsp3) is 0.333. The number of hydrogen-bond donors (Lipinski definition) is 2. The first kappa shape index (κ1) is 25.0. The third-order valence-corrected chi connectivity index (χ3v) is 7.34. The van der Waals surface area contributed by atoms with E-state index in [2.05, 4.69) is 42.9 Å². The predicted molar refractivity (Wildman–Crippen MR) is 141 cm³/mol. The van der Waals surface area contributed by atoms with Crippen molar-refractivity contribution in [1.82, 2.24) is 0 Å². The number of carbonyl (C=O) groups excluding carboxylic acids is 1. The van der Waals surface area contributed by atoms with Crippen LogP contribution in [0, 0.1) is 20.9 Å². The molecule has 1 unspecified atom stereocenters. The minimum Gasteiger partial charge on any atom is -0.465 e. The molecule has 1 aliphatic carbocycles. The zero-order chi connectivity index (χ0) is 26.3. The number of nitro groups is 1. The Balaban J connectivity index is 1.67. The van der Waals surface area contributed by atoms with Gasteiger partial charge in [0.05, 0.1) is 17.6 Å². The van der Waals surface area contributed by atoms with E-state index in [1.165, 1.54) is 24.3 Å². The van der Waals surface area contributed by atoms with Crippen LogP contribution in [-0.4, -0.2) is 36.9 Å². The van der Waals surface area contributed by atoms with Crippen molar-refractivity contribution in [3.63, 3.8) is 0 Å². The predicted octanol–water partition coefficient (Wildman–Crippen LogP) is 4.23. The first-order chi connectivity index (χ1) is 17.0. The van der Waals surface area contributed by atoms with Gasteiger partial charge in [-0.15, -0.1) is 0 Å². The second-order valence-corrected chi connectivity index (χ2v) is 10.1. The average Bonchev–Trinajstić information content (AvgIpc) is 2.87. The molecule has 0 spiro atoms. The van der Waals surface area contributed by atoms with Gasteiger partial charge in [0, 0.05) is 47.3 Å². The number of hydrazone groups is 1. The van der Waals surface area contributed by atoms with Crippen LogP contribution in [0.15, 0.2) is 65.3 Å². The molecular formula is C27H31N5O4. The van der Waals surface area contributed by atoms with Gasteiger partial charge in [-0.2, -0.15) is 5.10 Å². The molecule has 4 N–H and O–H groups in total. The Hall–Kier alpha value is -4.14. The Bertz CT molecular complexity index is 1310. The molecule has 0 amide bonds. The van der Waals surface area contributed by atoms with Gasteiger partial charge in [0.15, 0.2) is 5.84 Å². The summed E-state index contributed by atoms with van der Waals surface area (Å²) < 4.78 is 4.82. The number of amidine groups is 1. The molecule has 9 heteroatoms. The maximum Gasteiger partial charge on any atom is 0.337 e. The molecule has 188 valence electrons. The molecule has 2 aliphatic rings. The number of esters is 1. The van der Waals surface area contributed by atoms with Gasteiger partial charge in [0.25, 0.3) is 5.69 Å². The van der Waals surface area contributed by atoms with Crippen molar-refractivity contribution in [2.45, 2.75) is 27.2 Å². The Labute approximate surface area is 210 Å². The molecule has 9 nitrogen and oxygen atoms in total. The maximum atomic E-state index is 11.8. The molecule has 2 aromatic carbocycles. The highest BCUT2D eigenvalue weighted by Crippen LogP contribution is 2.55. The molecule has 1 atom stereocenters. The molecule has 0 fully saturated rings. The Kier molecular flexibility index (Phi) is 6.34. The van der Waals surface area contributed by atoms with Crippen LogP contribution in [0.1, 0.15) is 48.7 Å². The van der Waals surface area contributed by atoms with Crippen molar-refractivity contribution < 1.29 is 14.5 Å². The van der Waals surface area contributed by atoms with Crippen LogP contribution < -0.4 is 16.5 Å². The third kappa shape index (κ3) is 4.32. The lowest BCUT2D eigenvalue weighted by Gasteiger charge is -2.51. The number of methoxy groups -OCH3 is 1. The van der Waals surface area contributed by atoms with Crippen LogP contribution in [-0.2, 0) is 4.74 Å². The summed E-state index contributed by atoms with van der Waals surface area (Å²) in [6, 6.07) is 12.2. The minimum atomic E-state index is -0.437. The molecule has 0 bridgehead atoms. The van der Waals surface area contributed by atoms with Crippen LogP contribution in [0.3, 0.4) is 0 Å². The summed E-state index contributed by atoms with van der Waals surface area (Å²) in [4.78, 5) is 25.1. The Morgan fingerprint density at radius 2 is 1.81 bits per heavy atom. The van der Waals surface area contributed by atoms with E-state index in [-0.39, 0.29) is 28.3 Å². The van der Waals surface area contributed by atoms with E-state index in [4.69, 9.17) is 16.3 Å². The van der Waals surface area contributed by atoms with E-state index in [0.29, 0.717) is 29.9 Å². The summed E-state index contributed by atoms with van der Waals surface area (Å²) >= 11 is 0. The third-order valence-electron chi connectivity index (χ3n) is 7.34. The lowest BCUT2D eigenvalue weighted by Crippen LogP contribution is -2.47. The van der Waals surface area contributed by atoms with Gasteiger partial charge >= 0.3 is 5.97 Å². The molecule has 4 rings (SSSR count). The van der Waals surface area contributed by atoms with E-state index in [0.717, 1.165) is 12.0 Å². The quantitative estimate of drug-likeness (QED) is 0.122. The zero-order valence-electron chi connectivity index (χ0n) is 20.9. The highest BCUT2D eigenvalue weighted by molar-refractivity contribution is 5.98. The first-order valence-electron chi connectivity index (χ1n) is 11.7. The minimum absolute atomic E-state index is 0.0454.